The van der Waals surface area contributed by atoms with Gasteiger partial charge in [-0.15, -0.1) is 0 Å². The van der Waals surface area contributed by atoms with E-state index < -0.39 is 0 Å². The Bertz CT molecular complexity index is 593. The molecular weight excluding hydrogens is 288 g/mol. The van der Waals surface area contributed by atoms with Crippen LogP contribution in [0, 0.1) is 0 Å². The maximum atomic E-state index is 5.25. The Hall–Kier alpha value is -2.43. The summed E-state index contributed by atoms with van der Waals surface area (Å²) in [4.78, 5) is 4.63. The summed E-state index contributed by atoms with van der Waals surface area (Å²) < 4.78 is 7.39. The van der Waals surface area contributed by atoms with Crippen LogP contribution in [0.2, 0.25) is 0 Å². The highest BCUT2D eigenvalue weighted by molar-refractivity contribution is 5.79. The highest BCUT2D eigenvalue weighted by Crippen LogP contribution is 2.12. The molecule has 0 bridgehead atoms. The van der Waals surface area contributed by atoms with Crippen LogP contribution in [0.5, 0.6) is 5.75 Å². The fourth-order valence-electron chi connectivity index (χ4n) is 2.29. The van der Waals surface area contributed by atoms with E-state index in [0.717, 1.165) is 44.3 Å². The second-order valence-corrected chi connectivity index (χ2v) is 5.21. The summed E-state index contributed by atoms with van der Waals surface area (Å²) in [7, 11) is 1.69. The van der Waals surface area contributed by atoms with Crippen LogP contribution in [0.15, 0.2) is 53.8 Å². The third-order valence-electron chi connectivity index (χ3n) is 3.48. The zero-order valence-electron chi connectivity index (χ0n) is 14.0. The van der Waals surface area contributed by atoms with Crippen LogP contribution in [0.4, 0.5) is 0 Å². The van der Waals surface area contributed by atoms with Crippen molar-refractivity contribution in [1.82, 2.24) is 15.2 Å². The molecule has 0 atom stereocenters. The number of hydrogen-bond donors (Lipinski definition) is 2. The number of methoxy groups -OCH3 is 1. The maximum absolute atomic E-state index is 5.25. The third-order valence-corrected chi connectivity index (χ3v) is 3.48. The molecule has 0 saturated carbocycles. The number of nitrogens with one attached hydrogen (secondary N) is 2. The van der Waals surface area contributed by atoms with E-state index in [4.69, 9.17) is 4.74 Å². The molecule has 124 valence electrons. The van der Waals surface area contributed by atoms with Crippen molar-refractivity contribution in [3.8, 4) is 5.75 Å². The molecule has 1 aromatic heterocycles. The Morgan fingerprint density at radius 1 is 1.17 bits per heavy atom. The second kappa shape index (κ2) is 9.56. The first-order valence-electron chi connectivity index (χ1n) is 8.07. The molecule has 2 aromatic rings. The van der Waals surface area contributed by atoms with Gasteiger partial charge in [-0.25, -0.2) is 0 Å². The van der Waals surface area contributed by atoms with Gasteiger partial charge in [0.2, 0.25) is 0 Å². The molecule has 0 spiro atoms. The van der Waals surface area contributed by atoms with Crippen molar-refractivity contribution in [2.75, 3.05) is 26.7 Å². The van der Waals surface area contributed by atoms with Crippen molar-refractivity contribution in [2.24, 2.45) is 4.99 Å². The lowest BCUT2D eigenvalue weighted by Crippen LogP contribution is -2.39. The number of nitrogens with zero attached hydrogens (tertiary/aromatic N) is 2. The van der Waals surface area contributed by atoms with Gasteiger partial charge in [0.15, 0.2) is 5.96 Å². The standard InChI is InChI=1S/C18H26N4O/c1-3-19-18(21-11-14-22-12-4-5-13-22)20-10-9-16-7-6-8-17(15-16)23-2/h4-8,12-13,15H,3,9-11,14H2,1-2H3,(H2,19,20,21). The lowest BCUT2D eigenvalue weighted by molar-refractivity contribution is 0.414. The molecule has 2 N–H and O–H groups in total. The van der Waals surface area contributed by atoms with Crippen LogP contribution in [0.25, 0.3) is 0 Å². The SMILES string of the molecule is CCNC(=NCCc1cccc(OC)c1)NCCn1cccc1. The first-order chi connectivity index (χ1) is 11.3. The predicted molar refractivity (Wildman–Crippen MR) is 95.1 cm³/mol. The largest absolute Gasteiger partial charge is 0.497 e. The van der Waals surface area contributed by atoms with Crippen LogP contribution < -0.4 is 15.4 Å². The molecule has 2 rings (SSSR count). The van der Waals surface area contributed by atoms with E-state index in [-0.39, 0.29) is 0 Å². The Morgan fingerprint density at radius 3 is 2.74 bits per heavy atom. The Labute approximate surface area is 138 Å². The van der Waals surface area contributed by atoms with Gasteiger partial charge in [-0.3, -0.25) is 4.99 Å². The smallest absolute Gasteiger partial charge is 0.191 e. The van der Waals surface area contributed by atoms with Crippen LogP contribution in [0.1, 0.15) is 12.5 Å². The summed E-state index contributed by atoms with van der Waals surface area (Å²) in [5, 5.41) is 6.64. The average Bonchev–Trinajstić information content (AvgIpc) is 3.08. The maximum Gasteiger partial charge on any atom is 0.191 e. The van der Waals surface area contributed by atoms with Gasteiger partial charge >= 0.3 is 0 Å². The van der Waals surface area contributed by atoms with E-state index in [0.29, 0.717) is 0 Å². The molecule has 0 aliphatic carbocycles. The van der Waals surface area contributed by atoms with Gasteiger partial charge in [-0.05, 0) is 43.2 Å². The van der Waals surface area contributed by atoms with Crippen LogP contribution in [-0.2, 0) is 13.0 Å². The molecule has 0 aliphatic rings. The minimum absolute atomic E-state index is 0.742. The van der Waals surface area contributed by atoms with Crippen molar-refractivity contribution >= 4 is 5.96 Å². The zero-order chi connectivity index (χ0) is 16.3. The van der Waals surface area contributed by atoms with Gasteiger partial charge in [-0.2, -0.15) is 0 Å². The summed E-state index contributed by atoms with van der Waals surface area (Å²) >= 11 is 0. The lowest BCUT2D eigenvalue weighted by Gasteiger charge is -2.12. The summed E-state index contributed by atoms with van der Waals surface area (Å²) in [5.41, 5.74) is 1.23. The fraction of sp³-hybridized carbons (Fsp3) is 0.389. The minimum atomic E-state index is 0.742. The van der Waals surface area contributed by atoms with Gasteiger partial charge in [0.1, 0.15) is 5.75 Å². The Morgan fingerprint density at radius 2 is 2.00 bits per heavy atom. The molecular formula is C18H26N4O. The highest BCUT2D eigenvalue weighted by atomic mass is 16.5. The quantitative estimate of drug-likeness (QED) is 0.581. The molecule has 1 heterocycles. The fourth-order valence-corrected chi connectivity index (χ4v) is 2.29. The van der Waals surface area contributed by atoms with Crippen molar-refractivity contribution in [1.29, 1.82) is 0 Å². The van der Waals surface area contributed by atoms with Crippen molar-refractivity contribution in [3.05, 3.63) is 54.4 Å². The molecule has 0 aliphatic heterocycles. The predicted octanol–water partition coefficient (Wildman–Crippen LogP) is 2.29. The second-order valence-electron chi connectivity index (χ2n) is 5.21. The third kappa shape index (κ3) is 6.06. The molecule has 0 unspecified atom stereocenters. The van der Waals surface area contributed by atoms with Gasteiger partial charge in [0, 0.05) is 38.6 Å². The normalized spacial score (nSPS) is 11.3. The van der Waals surface area contributed by atoms with Crippen molar-refractivity contribution in [3.63, 3.8) is 0 Å². The van der Waals surface area contributed by atoms with E-state index in [2.05, 4.69) is 51.6 Å². The minimum Gasteiger partial charge on any atom is -0.497 e. The molecule has 0 saturated heterocycles. The monoisotopic (exact) mass is 314 g/mol. The summed E-state index contributed by atoms with van der Waals surface area (Å²) in [6, 6.07) is 12.2. The summed E-state index contributed by atoms with van der Waals surface area (Å²) in [5.74, 6) is 1.76. The first kappa shape index (κ1) is 16.9. The first-order valence-corrected chi connectivity index (χ1v) is 8.07. The highest BCUT2D eigenvalue weighted by Gasteiger charge is 1.99. The van der Waals surface area contributed by atoms with Crippen LogP contribution in [-0.4, -0.2) is 37.3 Å². The number of rotatable bonds is 8. The molecule has 5 nitrogen and oxygen atoms in total. The zero-order valence-corrected chi connectivity index (χ0v) is 14.0. The molecule has 0 fully saturated rings. The average molecular weight is 314 g/mol. The molecule has 5 heteroatoms. The molecule has 0 amide bonds. The number of ether oxygens (including phenoxy) is 1. The number of benzene rings is 1. The van der Waals surface area contributed by atoms with Gasteiger partial charge in [0.25, 0.3) is 0 Å². The topological polar surface area (TPSA) is 50.6 Å². The van der Waals surface area contributed by atoms with E-state index in [1.807, 2.05) is 24.3 Å². The van der Waals surface area contributed by atoms with Gasteiger partial charge < -0.3 is 19.9 Å². The van der Waals surface area contributed by atoms with Crippen molar-refractivity contribution < 1.29 is 4.74 Å². The van der Waals surface area contributed by atoms with Crippen LogP contribution >= 0.6 is 0 Å². The van der Waals surface area contributed by atoms with E-state index >= 15 is 0 Å². The van der Waals surface area contributed by atoms with E-state index in [1.54, 1.807) is 7.11 Å². The summed E-state index contributed by atoms with van der Waals surface area (Å²) in [6.07, 6.45) is 5.02. The molecule has 1 aromatic carbocycles. The van der Waals surface area contributed by atoms with Crippen molar-refractivity contribution in [2.45, 2.75) is 19.9 Å². The number of hydrogen-bond acceptors (Lipinski definition) is 2. The Balaban J connectivity index is 1.80. The molecule has 23 heavy (non-hydrogen) atoms. The number of aromatic nitrogens is 1. The number of guanidine groups is 1. The summed E-state index contributed by atoms with van der Waals surface area (Å²) in [6.45, 7) is 5.44. The lowest BCUT2D eigenvalue weighted by atomic mass is 10.1. The van der Waals surface area contributed by atoms with Gasteiger partial charge in [0.05, 0.1) is 7.11 Å². The van der Waals surface area contributed by atoms with E-state index in [1.165, 1.54) is 5.56 Å². The van der Waals surface area contributed by atoms with Gasteiger partial charge in [-0.1, -0.05) is 12.1 Å². The molecule has 0 radical (unpaired) electrons. The number of aliphatic imine (C=N–C) groups is 1. The van der Waals surface area contributed by atoms with E-state index in [9.17, 15) is 0 Å². The van der Waals surface area contributed by atoms with Crippen LogP contribution in [0.3, 0.4) is 0 Å². The Kier molecular flexibility index (Phi) is 7.04.